The second kappa shape index (κ2) is 4.21. The number of carbonyl (C=O) groups is 1. The molecule has 0 aromatic carbocycles. The maximum Gasteiger partial charge on any atom is 0.339 e. The van der Waals surface area contributed by atoms with Gasteiger partial charge in [-0.05, 0) is 12.5 Å². The Morgan fingerprint density at radius 1 is 1.29 bits per heavy atom. The summed E-state index contributed by atoms with van der Waals surface area (Å²) in [5.74, 6) is 0.390. The highest BCUT2D eigenvalue weighted by Gasteiger charge is 2.31. The van der Waals surface area contributed by atoms with Crippen molar-refractivity contribution in [2.45, 2.75) is 58.8 Å². The minimum absolute atomic E-state index is 0.131. The van der Waals surface area contributed by atoms with Crippen LogP contribution in [0.25, 0.3) is 0 Å². The maximum absolute atomic E-state index is 11.2. The summed E-state index contributed by atoms with van der Waals surface area (Å²) in [6.45, 7) is 12.1. The van der Waals surface area contributed by atoms with E-state index in [0.717, 1.165) is 12.2 Å². The van der Waals surface area contributed by atoms with Crippen LogP contribution in [0, 0.1) is 0 Å². The number of carboxylic acid groups (broad SMARTS) is 1. The van der Waals surface area contributed by atoms with Gasteiger partial charge in [-0.3, -0.25) is 0 Å². The highest BCUT2D eigenvalue weighted by molar-refractivity contribution is 5.89. The Morgan fingerprint density at radius 3 is 2.12 bits per heavy atom. The molecule has 3 nitrogen and oxygen atoms in total. The van der Waals surface area contributed by atoms with Gasteiger partial charge < -0.3 is 9.52 Å². The van der Waals surface area contributed by atoms with Gasteiger partial charge in [0.2, 0.25) is 0 Å². The molecule has 1 aromatic rings. The average molecular weight is 238 g/mol. The van der Waals surface area contributed by atoms with E-state index in [1.54, 1.807) is 6.07 Å². The Morgan fingerprint density at radius 2 is 1.82 bits per heavy atom. The minimum Gasteiger partial charge on any atom is -0.478 e. The van der Waals surface area contributed by atoms with E-state index in [1.807, 2.05) is 20.8 Å². The summed E-state index contributed by atoms with van der Waals surface area (Å²) in [7, 11) is 0. The summed E-state index contributed by atoms with van der Waals surface area (Å²) in [5, 5.41) is 9.22. The molecule has 17 heavy (non-hydrogen) atoms. The van der Waals surface area contributed by atoms with Crippen LogP contribution in [-0.4, -0.2) is 11.1 Å². The van der Waals surface area contributed by atoms with Crippen molar-refractivity contribution >= 4 is 5.97 Å². The van der Waals surface area contributed by atoms with E-state index in [1.165, 1.54) is 0 Å². The number of aromatic carboxylic acids is 1. The van der Waals surface area contributed by atoms with Crippen molar-refractivity contribution in [1.82, 2.24) is 0 Å². The molecule has 1 heterocycles. The largest absolute Gasteiger partial charge is 0.478 e. The van der Waals surface area contributed by atoms with Gasteiger partial charge in [-0.1, -0.05) is 41.5 Å². The SMILES string of the molecule is CCC(C)(C)c1cc(C(=O)O)c(C(C)(C)C)o1. The zero-order valence-electron chi connectivity index (χ0n) is 11.5. The molecule has 0 radical (unpaired) electrons. The highest BCUT2D eigenvalue weighted by Crippen LogP contribution is 2.35. The number of hydrogen-bond donors (Lipinski definition) is 1. The Hall–Kier alpha value is -1.25. The van der Waals surface area contributed by atoms with E-state index in [9.17, 15) is 9.90 Å². The van der Waals surface area contributed by atoms with Crippen LogP contribution in [-0.2, 0) is 10.8 Å². The van der Waals surface area contributed by atoms with Crippen LogP contribution in [0.4, 0.5) is 0 Å². The molecule has 0 amide bonds. The summed E-state index contributed by atoms with van der Waals surface area (Å²) < 4.78 is 5.82. The molecule has 0 fully saturated rings. The van der Waals surface area contributed by atoms with Crippen molar-refractivity contribution in [2.24, 2.45) is 0 Å². The van der Waals surface area contributed by atoms with Gasteiger partial charge in [0.1, 0.15) is 17.1 Å². The molecular formula is C14H22O3. The molecule has 0 saturated carbocycles. The Bertz CT molecular complexity index is 419. The topological polar surface area (TPSA) is 50.4 Å². The summed E-state index contributed by atoms with van der Waals surface area (Å²) in [4.78, 5) is 11.2. The van der Waals surface area contributed by atoms with Crippen molar-refractivity contribution in [3.05, 3.63) is 23.2 Å². The van der Waals surface area contributed by atoms with E-state index in [0.29, 0.717) is 5.76 Å². The predicted octanol–water partition coefficient (Wildman–Crippen LogP) is 3.96. The molecule has 0 spiro atoms. The van der Waals surface area contributed by atoms with E-state index in [4.69, 9.17) is 4.42 Å². The van der Waals surface area contributed by atoms with Crippen LogP contribution in [0.15, 0.2) is 10.5 Å². The number of furan rings is 1. The normalized spacial score (nSPS) is 12.8. The zero-order valence-corrected chi connectivity index (χ0v) is 11.5. The first-order chi connectivity index (χ1) is 7.59. The monoisotopic (exact) mass is 238 g/mol. The molecule has 3 heteroatoms. The van der Waals surface area contributed by atoms with Crippen molar-refractivity contribution in [1.29, 1.82) is 0 Å². The van der Waals surface area contributed by atoms with Gasteiger partial charge in [0, 0.05) is 10.8 Å². The van der Waals surface area contributed by atoms with Gasteiger partial charge in [0.25, 0.3) is 0 Å². The highest BCUT2D eigenvalue weighted by atomic mass is 16.4. The van der Waals surface area contributed by atoms with Crippen LogP contribution in [0.1, 0.15) is 69.8 Å². The second-order valence-corrected chi connectivity index (χ2v) is 6.15. The Balaban J connectivity index is 3.37. The van der Waals surface area contributed by atoms with Crippen LogP contribution in [0.5, 0.6) is 0 Å². The molecule has 96 valence electrons. The molecule has 1 rings (SSSR count). The lowest BCUT2D eigenvalue weighted by molar-refractivity contribution is 0.0692. The molecule has 1 N–H and O–H groups in total. The molecule has 0 atom stereocenters. The number of hydrogen-bond acceptors (Lipinski definition) is 2. The Labute approximate surface area is 103 Å². The predicted molar refractivity (Wildman–Crippen MR) is 67.7 cm³/mol. The summed E-state index contributed by atoms with van der Waals surface area (Å²) in [6.07, 6.45) is 0.906. The lowest BCUT2D eigenvalue weighted by Gasteiger charge is -2.20. The third-order valence-electron chi connectivity index (χ3n) is 3.19. The van der Waals surface area contributed by atoms with Crippen LogP contribution in [0.2, 0.25) is 0 Å². The fourth-order valence-corrected chi connectivity index (χ4v) is 1.61. The molecule has 0 unspecified atom stereocenters. The van der Waals surface area contributed by atoms with Gasteiger partial charge in [0.05, 0.1) is 0 Å². The van der Waals surface area contributed by atoms with Crippen molar-refractivity contribution in [3.63, 3.8) is 0 Å². The third-order valence-corrected chi connectivity index (χ3v) is 3.19. The van der Waals surface area contributed by atoms with E-state index < -0.39 is 5.97 Å². The minimum atomic E-state index is -0.920. The standard InChI is InChI=1S/C14H22O3/c1-7-14(5,6)10-8-9(12(15)16)11(17-10)13(2,3)4/h8H,7H2,1-6H3,(H,15,16). The van der Waals surface area contributed by atoms with Crippen LogP contribution >= 0.6 is 0 Å². The zero-order chi connectivity index (χ0) is 13.4. The van der Waals surface area contributed by atoms with E-state index >= 15 is 0 Å². The van der Waals surface area contributed by atoms with Crippen molar-refractivity contribution in [3.8, 4) is 0 Å². The fraction of sp³-hybridized carbons (Fsp3) is 0.643. The van der Waals surface area contributed by atoms with Gasteiger partial charge in [-0.25, -0.2) is 4.79 Å². The van der Waals surface area contributed by atoms with E-state index in [-0.39, 0.29) is 16.4 Å². The molecule has 1 aromatic heterocycles. The quantitative estimate of drug-likeness (QED) is 0.867. The summed E-state index contributed by atoms with van der Waals surface area (Å²) >= 11 is 0. The van der Waals surface area contributed by atoms with Crippen molar-refractivity contribution < 1.29 is 14.3 Å². The molecule has 0 aliphatic rings. The smallest absolute Gasteiger partial charge is 0.339 e. The molecule has 0 bridgehead atoms. The molecular weight excluding hydrogens is 216 g/mol. The number of rotatable bonds is 3. The second-order valence-electron chi connectivity index (χ2n) is 6.15. The summed E-state index contributed by atoms with van der Waals surface area (Å²) in [5.41, 5.74) is -0.141. The molecule has 0 aliphatic carbocycles. The first-order valence-corrected chi connectivity index (χ1v) is 5.97. The van der Waals surface area contributed by atoms with Gasteiger partial charge in [0.15, 0.2) is 0 Å². The fourth-order valence-electron chi connectivity index (χ4n) is 1.61. The molecule has 0 aliphatic heterocycles. The first kappa shape index (κ1) is 13.8. The lowest BCUT2D eigenvalue weighted by Crippen LogP contribution is -2.15. The third kappa shape index (κ3) is 2.71. The van der Waals surface area contributed by atoms with Gasteiger partial charge >= 0.3 is 5.97 Å². The van der Waals surface area contributed by atoms with Gasteiger partial charge in [-0.15, -0.1) is 0 Å². The van der Waals surface area contributed by atoms with Crippen LogP contribution in [0.3, 0.4) is 0 Å². The maximum atomic E-state index is 11.2. The molecule has 0 saturated heterocycles. The Kier molecular flexibility index (Phi) is 3.42. The van der Waals surface area contributed by atoms with Crippen molar-refractivity contribution in [2.75, 3.05) is 0 Å². The van der Waals surface area contributed by atoms with E-state index in [2.05, 4.69) is 20.8 Å². The van der Waals surface area contributed by atoms with Gasteiger partial charge in [-0.2, -0.15) is 0 Å². The lowest BCUT2D eigenvalue weighted by atomic mass is 9.87. The average Bonchev–Trinajstić information content (AvgIpc) is 2.61. The number of carboxylic acids is 1. The summed E-state index contributed by atoms with van der Waals surface area (Å²) in [6, 6.07) is 1.67. The van der Waals surface area contributed by atoms with Crippen LogP contribution < -0.4 is 0 Å². The first-order valence-electron chi connectivity index (χ1n) is 5.97.